The lowest BCUT2D eigenvalue weighted by atomic mass is 9.96. The summed E-state index contributed by atoms with van der Waals surface area (Å²) in [6, 6.07) is 0. The summed E-state index contributed by atoms with van der Waals surface area (Å²) in [6.45, 7) is 9.66. The summed E-state index contributed by atoms with van der Waals surface area (Å²) in [5.74, 6) is 0.938. The molecule has 92 valence electrons. The molecule has 0 saturated heterocycles. The van der Waals surface area contributed by atoms with E-state index in [2.05, 4.69) is 42.4 Å². The number of hydrogen-bond acceptors (Lipinski definition) is 4. The number of nitrogens with one attached hydrogen (secondary N) is 1. The zero-order valence-electron chi connectivity index (χ0n) is 10.8. The monoisotopic (exact) mass is 241 g/mol. The van der Waals surface area contributed by atoms with Gasteiger partial charge in [-0.25, -0.2) is 4.98 Å². The van der Waals surface area contributed by atoms with Crippen LogP contribution in [0.3, 0.4) is 0 Å². The Bertz CT molecular complexity index is 301. The Hall–Kier alpha value is -0.640. The van der Waals surface area contributed by atoms with Crippen molar-refractivity contribution in [3.8, 4) is 0 Å². The third-order valence-electron chi connectivity index (χ3n) is 2.40. The second-order valence-electron chi connectivity index (χ2n) is 5.16. The Morgan fingerprint density at radius 2 is 1.94 bits per heavy atom. The molecule has 16 heavy (non-hydrogen) atoms. The smallest absolute Gasteiger partial charge is 0.202 e. The van der Waals surface area contributed by atoms with Crippen molar-refractivity contribution < 1.29 is 0 Å². The van der Waals surface area contributed by atoms with E-state index in [1.165, 1.54) is 37.2 Å². The molecule has 0 atom stereocenters. The van der Waals surface area contributed by atoms with E-state index in [-0.39, 0.29) is 5.41 Å². The quantitative estimate of drug-likeness (QED) is 0.769. The highest BCUT2D eigenvalue weighted by molar-refractivity contribution is 7.09. The number of unbranched alkanes of at least 4 members (excludes halogenated alkanes) is 3. The maximum absolute atomic E-state index is 4.50. The molecule has 0 bridgehead atoms. The second-order valence-corrected chi connectivity index (χ2v) is 5.91. The lowest BCUT2D eigenvalue weighted by molar-refractivity contribution is 0.555. The van der Waals surface area contributed by atoms with Crippen LogP contribution in [0, 0.1) is 0 Å². The molecule has 1 heterocycles. The molecule has 0 saturated carbocycles. The molecule has 1 N–H and O–H groups in total. The zero-order valence-corrected chi connectivity index (χ0v) is 11.7. The minimum absolute atomic E-state index is 0.0542. The predicted molar refractivity (Wildman–Crippen MR) is 71.2 cm³/mol. The van der Waals surface area contributed by atoms with Gasteiger partial charge in [0.05, 0.1) is 0 Å². The van der Waals surface area contributed by atoms with E-state index in [0.717, 1.165) is 17.5 Å². The van der Waals surface area contributed by atoms with Crippen LogP contribution in [0.5, 0.6) is 0 Å². The Balaban J connectivity index is 2.30. The first-order valence-corrected chi connectivity index (χ1v) is 6.89. The van der Waals surface area contributed by atoms with Gasteiger partial charge in [0, 0.05) is 23.5 Å². The van der Waals surface area contributed by atoms with Gasteiger partial charge in [-0.1, -0.05) is 47.0 Å². The fourth-order valence-electron chi connectivity index (χ4n) is 1.35. The maximum atomic E-state index is 4.50. The molecule has 0 amide bonds. The van der Waals surface area contributed by atoms with E-state index in [9.17, 15) is 0 Å². The number of aromatic nitrogens is 2. The van der Waals surface area contributed by atoms with Crippen LogP contribution >= 0.6 is 11.5 Å². The van der Waals surface area contributed by atoms with Gasteiger partial charge in [-0.2, -0.15) is 4.37 Å². The van der Waals surface area contributed by atoms with Gasteiger partial charge in [-0.05, 0) is 6.42 Å². The molecule has 1 aromatic rings. The number of anilines is 1. The van der Waals surface area contributed by atoms with Gasteiger partial charge in [-0.3, -0.25) is 0 Å². The summed E-state index contributed by atoms with van der Waals surface area (Å²) >= 11 is 1.47. The van der Waals surface area contributed by atoms with Gasteiger partial charge in [0.2, 0.25) is 5.13 Å². The molecule has 0 fully saturated rings. The first kappa shape index (κ1) is 13.4. The second kappa shape index (κ2) is 6.18. The molecule has 0 unspecified atom stereocenters. The SMILES string of the molecule is CCCCCCNc1nc(C(C)(C)C)ns1. The molecule has 0 spiro atoms. The van der Waals surface area contributed by atoms with E-state index in [0.29, 0.717) is 0 Å². The minimum Gasteiger partial charge on any atom is -0.360 e. The summed E-state index contributed by atoms with van der Waals surface area (Å²) in [7, 11) is 0. The van der Waals surface area contributed by atoms with Crippen LogP contribution in [0.15, 0.2) is 0 Å². The molecule has 0 aliphatic rings. The van der Waals surface area contributed by atoms with Crippen LogP contribution in [0.1, 0.15) is 59.2 Å². The summed E-state index contributed by atoms with van der Waals surface area (Å²) in [5.41, 5.74) is 0.0542. The molecular formula is C12H23N3S. The van der Waals surface area contributed by atoms with Gasteiger partial charge < -0.3 is 5.32 Å². The van der Waals surface area contributed by atoms with Crippen molar-refractivity contribution in [1.82, 2.24) is 9.36 Å². The lowest BCUT2D eigenvalue weighted by Crippen LogP contribution is -2.13. The zero-order chi connectivity index (χ0) is 12.0. The van der Waals surface area contributed by atoms with Crippen LogP contribution < -0.4 is 5.32 Å². The van der Waals surface area contributed by atoms with Gasteiger partial charge in [0.15, 0.2) is 0 Å². The number of hydrogen-bond donors (Lipinski definition) is 1. The number of nitrogens with zero attached hydrogens (tertiary/aromatic N) is 2. The van der Waals surface area contributed by atoms with Crippen LogP contribution in [-0.4, -0.2) is 15.9 Å². The summed E-state index contributed by atoms with van der Waals surface area (Å²) < 4.78 is 4.37. The summed E-state index contributed by atoms with van der Waals surface area (Å²) in [4.78, 5) is 4.50. The van der Waals surface area contributed by atoms with Crippen molar-refractivity contribution in [2.45, 2.75) is 58.8 Å². The van der Waals surface area contributed by atoms with Gasteiger partial charge in [-0.15, -0.1) is 0 Å². The van der Waals surface area contributed by atoms with Gasteiger partial charge in [0.25, 0.3) is 0 Å². The summed E-state index contributed by atoms with van der Waals surface area (Å²) in [5, 5.41) is 4.30. The van der Waals surface area contributed by atoms with Crippen molar-refractivity contribution >= 4 is 16.7 Å². The fraction of sp³-hybridized carbons (Fsp3) is 0.833. The fourth-order valence-corrected chi connectivity index (χ4v) is 2.13. The highest BCUT2D eigenvalue weighted by atomic mass is 32.1. The van der Waals surface area contributed by atoms with E-state index >= 15 is 0 Å². The molecule has 0 aromatic carbocycles. The molecule has 0 radical (unpaired) electrons. The van der Waals surface area contributed by atoms with E-state index < -0.39 is 0 Å². The lowest BCUT2D eigenvalue weighted by Gasteiger charge is -2.12. The van der Waals surface area contributed by atoms with Crippen molar-refractivity contribution in [2.24, 2.45) is 0 Å². The normalized spacial score (nSPS) is 11.8. The van der Waals surface area contributed by atoms with E-state index in [4.69, 9.17) is 0 Å². The molecule has 4 heteroatoms. The Morgan fingerprint density at radius 1 is 1.19 bits per heavy atom. The molecule has 3 nitrogen and oxygen atoms in total. The standard InChI is InChI=1S/C12H23N3S/c1-5-6-7-8-9-13-11-14-10(15-16-11)12(2,3)4/h5-9H2,1-4H3,(H,13,14,15). The molecule has 1 aromatic heterocycles. The Morgan fingerprint density at radius 3 is 2.50 bits per heavy atom. The van der Waals surface area contributed by atoms with Crippen molar-refractivity contribution in [2.75, 3.05) is 11.9 Å². The van der Waals surface area contributed by atoms with E-state index in [1.807, 2.05) is 0 Å². The molecule has 1 rings (SSSR count). The Kier molecular flexibility index (Phi) is 5.19. The van der Waals surface area contributed by atoms with E-state index in [1.54, 1.807) is 0 Å². The largest absolute Gasteiger partial charge is 0.360 e. The van der Waals surface area contributed by atoms with Crippen LogP contribution in [0.4, 0.5) is 5.13 Å². The molecular weight excluding hydrogens is 218 g/mol. The van der Waals surface area contributed by atoms with Crippen molar-refractivity contribution in [3.63, 3.8) is 0 Å². The highest BCUT2D eigenvalue weighted by Gasteiger charge is 2.19. The third kappa shape index (κ3) is 4.47. The first-order valence-electron chi connectivity index (χ1n) is 6.12. The average Bonchev–Trinajstić information content (AvgIpc) is 2.65. The topological polar surface area (TPSA) is 37.8 Å². The number of rotatable bonds is 6. The third-order valence-corrected chi connectivity index (χ3v) is 3.08. The first-order chi connectivity index (χ1) is 7.54. The minimum atomic E-state index is 0.0542. The van der Waals surface area contributed by atoms with Crippen molar-refractivity contribution in [1.29, 1.82) is 0 Å². The van der Waals surface area contributed by atoms with Crippen LogP contribution in [0.25, 0.3) is 0 Å². The van der Waals surface area contributed by atoms with Crippen LogP contribution in [0.2, 0.25) is 0 Å². The molecule has 0 aliphatic heterocycles. The average molecular weight is 241 g/mol. The highest BCUT2D eigenvalue weighted by Crippen LogP contribution is 2.22. The Labute approximate surface area is 103 Å². The van der Waals surface area contributed by atoms with Crippen LogP contribution in [-0.2, 0) is 5.41 Å². The van der Waals surface area contributed by atoms with Gasteiger partial charge in [0.1, 0.15) is 5.82 Å². The maximum Gasteiger partial charge on any atom is 0.202 e. The molecule has 0 aliphatic carbocycles. The summed E-state index contributed by atoms with van der Waals surface area (Å²) in [6.07, 6.45) is 5.13. The van der Waals surface area contributed by atoms with Crippen molar-refractivity contribution in [3.05, 3.63) is 5.82 Å². The predicted octanol–water partition coefficient (Wildman–Crippen LogP) is 3.83. The van der Waals surface area contributed by atoms with Gasteiger partial charge >= 0.3 is 0 Å².